The molecule has 1 saturated heterocycles. The smallest absolute Gasteiger partial charge is 0.316 e. The van der Waals surface area contributed by atoms with E-state index >= 15 is 0 Å². The number of anilines is 2. The molecule has 0 radical (unpaired) electrons. The number of hydrogen-bond acceptors (Lipinski definition) is 3. The van der Waals surface area contributed by atoms with Crippen LogP contribution in [0.15, 0.2) is 42.5 Å². The van der Waals surface area contributed by atoms with E-state index in [1.165, 1.54) is 6.07 Å². The number of carbonyl (C=O) groups excluding carboxylic acids is 3. The zero-order chi connectivity index (χ0) is 19.6. The summed E-state index contributed by atoms with van der Waals surface area (Å²) in [5.41, 5.74) is 0.584. The maximum absolute atomic E-state index is 13.4. The molecule has 0 bridgehead atoms. The minimum Gasteiger partial charge on any atom is -0.325 e. The lowest BCUT2D eigenvalue weighted by atomic mass is 10.2. The van der Waals surface area contributed by atoms with Gasteiger partial charge in [-0.15, -0.1) is 0 Å². The fourth-order valence-electron chi connectivity index (χ4n) is 2.63. The SMILES string of the molecule is O=C(CN1CCN(c2ccc(F)c(F)c2)C(=O)C1=O)Nc1ccc(Cl)cc1. The normalized spacial score (nSPS) is 14.5. The molecule has 0 saturated carbocycles. The molecule has 6 nitrogen and oxygen atoms in total. The maximum Gasteiger partial charge on any atom is 0.316 e. The van der Waals surface area contributed by atoms with Crippen molar-refractivity contribution in [1.29, 1.82) is 0 Å². The van der Waals surface area contributed by atoms with Crippen molar-refractivity contribution in [3.8, 4) is 0 Å². The van der Waals surface area contributed by atoms with Crippen molar-refractivity contribution in [1.82, 2.24) is 4.90 Å². The fraction of sp³-hybridized carbons (Fsp3) is 0.167. The quantitative estimate of drug-likeness (QED) is 0.811. The molecule has 9 heteroatoms. The number of nitrogens with zero attached hydrogens (tertiary/aromatic N) is 2. The van der Waals surface area contributed by atoms with Crippen molar-refractivity contribution >= 4 is 40.7 Å². The molecule has 1 heterocycles. The van der Waals surface area contributed by atoms with Crippen LogP contribution in [0.5, 0.6) is 0 Å². The highest BCUT2D eigenvalue weighted by Crippen LogP contribution is 2.21. The molecule has 0 spiro atoms. The minimum atomic E-state index is -1.11. The average Bonchev–Trinajstić information content (AvgIpc) is 2.64. The number of amides is 3. The number of halogens is 3. The van der Waals surface area contributed by atoms with Gasteiger partial charge in [-0.05, 0) is 36.4 Å². The standard InChI is InChI=1S/C18H14ClF2N3O3/c19-11-1-3-12(4-2-11)22-16(25)10-23-7-8-24(18(27)17(23)26)13-5-6-14(20)15(21)9-13/h1-6,9H,7-8,10H2,(H,22,25). The summed E-state index contributed by atoms with van der Waals surface area (Å²) in [5.74, 6) is -4.43. The first-order valence-corrected chi connectivity index (χ1v) is 8.34. The van der Waals surface area contributed by atoms with E-state index in [0.717, 1.165) is 21.9 Å². The summed E-state index contributed by atoms with van der Waals surface area (Å²) < 4.78 is 26.4. The van der Waals surface area contributed by atoms with Crippen LogP contribution in [0.2, 0.25) is 5.02 Å². The summed E-state index contributed by atoms with van der Waals surface area (Å²) >= 11 is 5.77. The molecule has 140 valence electrons. The number of benzene rings is 2. The van der Waals surface area contributed by atoms with E-state index in [1.54, 1.807) is 24.3 Å². The molecule has 0 unspecified atom stereocenters. The Morgan fingerprint density at radius 3 is 2.37 bits per heavy atom. The summed E-state index contributed by atoms with van der Waals surface area (Å²) in [6.07, 6.45) is 0. The van der Waals surface area contributed by atoms with Crippen LogP contribution in [0.1, 0.15) is 0 Å². The van der Waals surface area contributed by atoms with E-state index in [9.17, 15) is 23.2 Å². The van der Waals surface area contributed by atoms with Gasteiger partial charge < -0.3 is 15.1 Å². The van der Waals surface area contributed by atoms with Crippen LogP contribution >= 0.6 is 11.6 Å². The summed E-state index contributed by atoms with van der Waals surface area (Å²) in [5, 5.41) is 3.12. The molecule has 1 N–H and O–H groups in total. The first kappa shape index (κ1) is 18.8. The molecular weight excluding hydrogens is 380 g/mol. The Bertz CT molecular complexity index is 905. The zero-order valence-electron chi connectivity index (χ0n) is 13.9. The van der Waals surface area contributed by atoms with Crippen molar-refractivity contribution in [3.05, 3.63) is 59.1 Å². The molecule has 1 aliphatic heterocycles. The van der Waals surface area contributed by atoms with Crippen LogP contribution in [0.3, 0.4) is 0 Å². The van der Waals surface area contributed by atoms with Crippen LogP contribution in [0.25, 0.3) is 0 Å². The van der Waals surface area contributed by atoms with Crippen molar-refractivity contribution in [2.24, 2.45) is 0 Å². The van der Waals surface area contributed by atoms with E-state index < -0.39 is 29.4 Å². The van der Waals surface area contributed by atoms with E-state index in [2.05, 4.69) is 5.32 Å². The van der Waals surface area contributed by atoms with Crippen LogP contribution in [-0.2, 0) is 14.4 Å². The van der Waals surface area contributed by atoms with Gasteiger partial charge in [0, 0.05) is 35.6 Å². The number of piperazine rings is 1. The predicted octanol–water partition coefficient (Wildman–Crippen LogP) is 2.43. The third-order valence-electron chi connectivity index (χ3n) is 3.99. The third-order valence-corrected chi connectivity index (χ3v) is 4.24. The number of rotatable bonds is 4. The average molecular weight is 394 g/mol. The second-order valence-corrected chi connectivity index (χ2v) is 6.27. The highest BCUT2D eigenvalue weighted by molar-refractivity contribution is 6.41. The van der Waals surface area contributed by atoms with Crippen LogP contribution in [0.4, 0.5) is 20.2 Å². The Labute approximate surface area is 158 Å². The third kappa shape index (κ3) is 4.22. The lowest BCUT2D eigenvalue weighted by Crippen LogP contribution is -2.56. The Kier molecular flexibility index (Phi) is 5.36. The predicted molar refractivity (Wildman–Crippen MR) is 95.4 cm³/mol. The van der Waals surface area contributed by atoms with E-state index in [4.69, 9.17) is 11.6 Å². The monoisotopic (exact) mass is 393 g/mol. The van der Waals surface area contributed by atoms with Gasteiger partial charge in [-0.1, -0.05) is 11.6 Å². The maximum atomic E-state index is 13.4. The fourth-order valence-corrected chi connectivity index (χ4v) is 2.76. The molecule has 1 fully saturated rings. The number of hydrogen-bond donors (Lipinski definition) is 1. The summed E-state index contributed by atoms with van der Waals surface area (Å²) in [4.78, 5) is 38.8. The van der Waals surface area contributed by atoms with Gasteiger partial charge in [0.2, 0.25) is 5.91 Å². The van der Waals surface area contributed by atoms with Crippen LogP contribution in [-0.4, -0.2) is 42.3 Å². The molecule has 3 rings (SSSR count). The molecule has 0 atom stereocenters. The topological polar surface area (TPSA) is 69.7 Å². The highest BCUT2D eigenvalue weighted by Gasteiger charge is 2.34. The lowest BCUT2D eigenvalue weighted by molar-refractivity contribution is -0.147. The van der Waals surface area contributed by atoms with Crippen molar-refractivity contribution in [3.63, 3.8) is 0 Å². The molecular formula is C18H14ClF2N3O3. The van der Waals surface area contributed by atoms with Gasteiger partial charge in [0.15, 0.2) is 11.6 Å². The van der Waals surface area contributed by atoms with Gasteiger partial charge in [-0.25, -0.2) is 8.78 Å². The van der Waals surface area contributed by atoms with Crippen molar-refractivity contribution in [2.75, 3.05) is 29.9 Å². The molecule has 2 aromatic rings. The Morgan fingerprint density at radius 1 is 1.00 bits per heavy atom. The summed E-state index contributed by atoms with van der Waals surface area (Å²) in [6, 6.07) is 9.37. The summed E-state index contributed by atoms with van der Waals surface area (Å²) in [7, 11) is 0. The van der Waals surface area contributed by atoms with E-state index in [1.807, 2.05) is 0 Å². The van der Waals surface area contributed by atoms with Crippen LogP contribution < -0.4 is 10.2 Å². The van der Waals surface area contributed by atoms with Crippen molar-refractivity contribution < 1.29 is 23.2 Å². The van der Waals surface area contributed by atoms with Gasteiger partial charge >= 0.3 is 11.8 Å². The van der Waals surface area contributed by atoms with Gasteiger partial charge in [0.05, 0.1) is 0 Å². The largest absolute Gasteiger partial charge is 0.325 e. The second kappa shape index (κ2) is 7.71. The van der Waals surface area contributed by atoms with Gasteiger partial charge in [-0.2, -0.15) is 0 Å². The Balaban J connectivity index is 1.64. The minimum absolute atomic E-state index is 0.0594. The molecule has 3 amide bonds. The summed E-state index contributed by atoms with van der Waals surface area (Å²) in [6.45, 7) is -0.166. The van der Waals surface area contributed by atoms with E-state index in [0.29, 0.717) is 10.7 Å². The number of carbonyl (C=O) groups is 3. The number of nitrogens with one attached hydrogen (secondary N) is 1. The molecule has 1 aliphatic rings. The Morgan fingerprint density at radius 2 is 1.70 bits per heavy atom. The lowest BCUT2D eigenvalue weighted by Gasteiger charge is -2.33. The van der Waals surface area contributed by atoms with Gasteiger partial charge in [0.1, 0.15) is 6.54 Å². The zero-order valence-corrected chi connectivity index (χ0v) is 14.7. The second-order valence-electron chi connectivity index (χ2n) is 5.84. The highest BCUT2D eigenvalue weighted by atomic mass is 35.5. The Hall–Kier alpha value is -3.00. The van der Waals surface area contributed by atoms with Gasteiger partial charge in [0.25, 0.3) is 0 Å². The van der Waals surface area contributed by atoms with Crippen LogP contribution in [0, 0.1) is 11.6 Å². The molecule has 0 aliphatic carbocycles. The molecule has 0 aromatic heterocycles. The van der Waals surface area contributed by atoms with Gasteiger partial charge in [-0.3, -0.25) is 14.4 Å². The molecule has 2 aromatic carbocycles. The first-order valence-electron chi connectivity index (χ1n) is 7.96. The van der Waals surface area contributed by atoms with E-state index in [-0.39, 0.29) is 25.3 Å². The van der Waals surface area contributed by atoms with Crippen molar-refractivity contribution in [2.45, 2.75) is 0 Å². The molecule has 27 heavy (non-hydrogen) atoms. The first-order chi connectivity index (χ1) is 12.8.